The van der Waals surface area contributed by atoms with E-state index in [1.54, 1.807) is 0 Å². The van der Waals surface area contributed by atoms with Gasteiger partial charge in [-0.3, -0.25) is 9.59 Å². The van der Waals surface area contributed by atoms with Crippen LogP contribution in [0.4, 0.5) is 0 Å². The highest BCUT2D eigenvalue weighted by molar-refractivity contribution is 5.94. The summed E-state index contributed by atoms with van der Waals surface area (Å²) in [4.78, 5) is 26.2. The van der Waals surface area contributed by atoms with Crippen molar-refractivity contribution in [2.24, 2.45) is 0 Å². The van der Waals surface area contributed by atoms with Gasteiger partial charge in [-0.1, -0.05) is 38.1 Å². The molecule has 1 saturated heterocycles. The summed E-state index contributed by atoms with van der Waals surface area (Å²) in [5, 5.41) is 2.84. The molecular weight excluding hydrogens is 352 g/mol. The molecule has 0 aromatic heterocycles. The topological polar surface area (TPSA) is 58.6 Å². The Kier molecular flexibility index (Phi) is 6.69. The lowest BCUT2D eigenvalue weighted by Crippen LogP contribution is -2.29. The van der Waals surface area contributed by atoms with Crippen LogP contribution in [-0.2, 0) is 11.3 Å². The van der Waals surface area contributed by atoms with Gasteiger partial charge in [-0.05, 0) is 54.2 Å². The minimum atomic E-state index is -0.176. The number of carbonyl (C=O) groups is 2. The van der Waals surface area contributed by atoms with Crippen molar-refractivity contribution in [3.05, 3.63) is 65.2 Å². The maximum absolute atomic E-state index is 12.3. The van der Waals surface area contributed by atoms with Gasteiger partial charge in [0.05, 0.1) is 0 Å². The van der Waals surface area contributed by atoms with Gasteiger partial charge in [0.1, 0.15) is 5.75 Å². The van der Waals surface area contributed by atoms with E-state index in [-0.39, 0.29) is 18.4 Å². The number of ether oxygens (including phenoxy) is 1. The van der Waals surface area contributed by atoms with Crippen LogP contribution < -0.4 is 10.1 Å². The molecule has 0 radical (unpaired) electrons. The summed E-state index contributed by atoms with van der Waals surface area (Å²) < 4.78 is 5.54. The van der Waals surface area contributed by atoms with E-state index in [1.807, 2.05) is 53.4 Å². The number of benzene rings is 2. The van der Waals surface area contributed by atoms with Crippen LogP contribution in [0.1, 0.15) is 54.1 Å². The molecule has 1 aliphatic rings. The Labute approximate surface area is 166 Å². The number of hydrogen-bond acceptors (Lipinski definition) is 3. The molecule has 0 spiro atoms. The highest BCUT2D eigenvalue weighted by atomic mass is 16.5. The highest BCUT2D eigenvalue weighted by Gasteiger charge is 2.19. The van der Waals surface area contributed by atoms with Gasteiger partial charge in [-0.25, -0.2) is 0 Å². The quantitative estimate of drug-likeness (QED) is 0.796. The fourth-order valence-electron chi connectivity index (χ4n) is 3.22. The smallest absolute Gasteiger partial charge is 0.258 e. The third-order valence-electron chi connectivity index (χ3n) is 5.00. The van der Waals surface area contributed by atoms with Crippen LogP contribution >= 0.6 is 0 Å². The first-order valence-corrected chi connectivity index (χ1v) is 9.90. The van der Waals surface area contributed by atoms with Crippen molar-refractivity contribution in [1.82, 2.24) is 10.2 Å². The number of nitrogens with one attached hydrogen (secondary N) is 1. The molecule has 2 aromatic carbocycles. The molecule has 1 fully saturated rings. The summed E-state index contributed by atoms with van der Waals surface area (Å²) in [6.07, 6.45) is 2.17. The molecule has 0 unspecified atom stereocenters. The molecular formula is C23H28N2O3. The number of hydrogen-bond donors (Lipinski definition) is 1. The minimum absolute atomic E-state index is 0.0213. The fraction of sp³-hybridized carbons (Fsp3) is 0.391. The first-order valence-electron chi connectivity index (χ1n) is 9.90. The Morgan fingerprint density at radius 2 is 1.64 bits per heavy atom. The molecule has 148 valence electrons. The van der Waals surface area contributed by atoms with Crippen molar-refractivity contribution in [3.63, 3.8) is 0 Å². The van der Waals surface area contributed by atoms with Crippen LogP contribution in [-0.4, -0.2) is 36.4 Å². The van der Waals surface area contributed by atoms with Crippen molar-refractivity contribution in [3.8, 4) is 5.75 Å². The van der Waals surface area contributed by atoms with Crippen LogP contribution in [0.15, 0.2) is 48.5 Å². The second-order valence-electron chi connectivity index (χ2n) is 7.49. The zero-order chi connectivity index (χ0) is 19.9. The van der Waals surface area contributed by atoms with Gasteiger partial charge in [0.25, 0.3) is 11.8 Å². The van der Waals surface area contributed by atoms with E-state index < -0.39 is 0 Å². The van der Waals surface area contributed by atoms with Crippen molar-refractivity contribution < 1.29 is 14.3 Å². The van der Waals surface area contributed by atoms with E-state index >= 15 is 0 Å². The molecule has 2 aromatic rings. The van der Waals surface area contributed by atoms with E-state index in [4.69, 9.17) is 4.74 Å². The Morgan fingerprint density at radius 3 is 2.25 bits per heavy atom. The van der Waals surface area contributed by atoms with Gasteiger partial charge in [-0.2, -0.15) is 0 Å². The number of amides is 2. The minimum Gasteiger partial charge on any atom is -0.484 e. The summed E-state index contributed by atoms with van der Waals surface area (Å²) in [6, 6.07) is 15.2. The summed E-state index contributed by atoms with van der Waals surface area (Å²) in [7, 11) is 0. The van der Waals surface area contributed by atoms with Gasteiger partial charge in [-0.15, -0.1) is 0 Å². The Hall–Kier alpha value is -2.82. The molecule has 2 amide bonds. The van der Waals surface area contributed by atoms with Crippen LogP contribution in [0.3, 0.4) is 0 Å². The predicted octanol–water partition coefficient (Wildman–Crippen LogP) is 3.74. The molecule has 5 heteroatoms. The monoisotopic (exact) mass is 380 g/mol. The van der Waals surface area contributed by atoms with E-state index in [2.05, 4.69) is 19.2 Å². The van der Waals surface area contributed by atoms with Gasteiger partial charge < -0.3 is 15.0 Å². The van der Waals surface area contributed by atoms with E-state index in [1.165, 1.54) is 5.56 Å². The zero-order valence-electron chi connectivity index (χ0n) is 16.6. The molecule has 3 rings (SSSR count). The highest BCUT2D eigenvalue weighted by Crippen LogP contribution is 2.18. The number of nitrogens with zero attached hydrogens (tertiary/aromatic N) is 1. The molecule has 0 aliphatic carbocycles. The largest absolute Gasteiger partial charge is 0.484 e. The molecule has 1 N–H and O–H groups in total. The van der Waals surface area contributed by atoms with Crippen molar-refractivity contribution in [2.45, 2.75) is 39.2 Å². The number of carbonyl (C=O) groups excluding carboxylic acids is 2. The molecule has 0 atom stereocenters. The maximum atomic E-state index is 12.3. The molecule has 0 saturated carbocycles. The first kappa shape index (κ1) is 19.9. The van der Waals surface area contributed by atoms with Crippen LogP contribution in [0.5, 0.6) is 5.75 Å². The summed E-state index contributed by atoms with van der Waals surface area (Å²) in [6.45, 7) is 6.35. The fourth-order valence-corrected chi connectivity index (χ4v) is 3.22. The van der Waals surface area contributed by atoms with Crippen molar-refractivity contribution in [1.29, 1.82) is 0 Å². The van der Waals surface area contributed by atoms with Crippen molar-refractivity contribution in [2.75, 3.05) is 19.7 Å². The maximum Gasteiger partial charge on any atom is 0.258 e. The Bertz CT molecular complexity index is 792. The van der Waals surface area contributed by atoms with Gasteiger partial charge in [0.15, 0.2) is 6.61 Å². The van der Waals surface area contributed by atoms with E-state index in [0.717, 1.165) is 31.5 Å². The van der Waals surface area contributed by atoms with E-state index in [0.29, 0.717) is 23.8 Å². The Balaban J connectivity index is 1.43. The lowest BCUT2D eigenvalue weighted by Gasteiger charge is -2.15. The Morgan fingerprint density at radius 1 is 1.00 bits per heavy atom. The standard InChI is InChI=1S/C23H28N2O3/c1-17(2)19-9-11-21(12-10-19)28-16-22(26)24-15-18-5-7-20(8-6-18)23(27)25-13-3-4-14-25/h5-12,17H,3-4,13-16H2,1-2H3,(H,24,26). The molecule has 1 aliphatic heterocycles. The number of likely N-dealkylation sites (tertiary alicyclic amines) is 1. The molecule has 28 heavy (non-hydrogen) atoms. The molecule has 0 bridgehead atoms. The van der Waals surface area contributed by atoms with E-state index in [9.17, 15) is 9.59 Å². The van der Waals surface area contributed by atoms with Crippen LogP contribution in [0.25, 0.3) is 0 Å². The average molecular weight is 380 g/mol. The van der Waals surface area contributed by atoms with Gasteiger partial charge in [0, 0.05) is 25.2 Å². The summed E-state index contributed by atoms with van der Waals surface area (Å²) in [5.41, 5.74) is 2.89. The summed E-state index contributed by atoms with van der Waals surface area (Å²) in [5.74, 6) is 1.06. The average Bonchev–Trinajstić information content (AvgIpc) is 3.25. The van der Waals surface area contributed by atoms with Crippen LogP contribution in [0.2, 0.25) is 0 Å². The molecule has 1 heterocycles. The summed E-state index contributed by atoms with van der Waals surface area (Å²) >= 11 is 0. The third-order valence-corrected chi connectivity index (χ3v) is 5.00. The predicted molar refractivity (Wildman–Crippen MR) is 109 cm³/mol. The number of rotatable bonds is 7. The molecule has 5 nitrogen and oxygen atoms in total. The third kappa shape index (κ3) is 5.35. The lowest BCUT2D eigenvalue weighted by molar-refractivity contribution is -0.123. The van der Waals surface area contributed by atoms with Crippen LogP contribution in [0, 0.1) is 0 Å². The van der Waals surface area contributed by atoms with Gasteiger partial charge >= 0.3 is 0 Å². The van der Waals surface area contributed by atoms with Gasteiger partial charge in [0.2, 0.25) is 0 Å². The van der Waals surface area contributed by atoms with Crippen molar-refractivity contribution >= 4 is 11.8 Å². The second kappa shape index (κ2) is 9.40. The normalized spacial score (nSPS) is 13.6. The second-order valence-corrected chi connectivity index (χ2v) is 7.49. The first-order chi connectivity index (χ1) is 13.5. The lowest BCUT2D eigenvalue weighted by atomic mass is 10.0. The SMILES string of the molecule is CC(C)c1ccc(OCC(=O)NCc2ccc(C(=O)N3CCCC3)cc2)cc1. The zero-order valence-corrected chi connectivity index (χ0v) is 16.6.